The van der Waals surface area contributed by atoms with Gasteiger partial charge in [0.25, 0.3) is 0 Å². The summed E-state index contributed by atoms with van der Waals surface area (Å²) in [5, 5.41) is 0. The highest BCUT2D eigenvalue weighted by molar-refractivity contribution is 5.76. The number of benzene rings is 3. The predicted octanol–water partition coefficient (Wildman–Crippen LogP) is 8.75. The predicted molar refractivity (Wildman–Crippen MR) is 128 cm³/mol. The molecular weight excluding hydrogens is 350 g/mol. The summed E-state index contributed by atoms with van der Waals surface area (Å²) in [5.41, 5.74) is 6.65. The lowest BCUT2D eigenvalue weighted by molar-refractivity contribution is 0.439. The van der Waals surface area contributed by atoms with Crippen molar-refractivity contribution < 1.29 is 0 Å². The third-order valence-electron chi connectivity index (χ3n) is 6.73. The van der Waals surface area contributed by atoms with Crippen molar-refractivity contribution in [3.05, 3.63) is 90.0 Å². The molecule has 1 heteroatoms. The van der Waals surface area contributed by atoms with Gasteiger partial charge in [-0.1, -0.05) is 77.1 Å². The smallest absolute Gasteiger partial charge is 0.0461 e. The summed E-state index contributed by atoms with van der Waals surface area (Å²) in [5.74, 6) is 0.592. The first-order valence-corrected chi connectivity index (χ1v) is 11.1. The Kier molecular flexibility index (Phi) is 6.79. The van der Waals surface area contributed by atoms with Crippen molar-refractivity contribution in [1.29, 1.82) is 0 Å². The van der Waals surface area contributed by atoms with E-state index in [9.17, 15) is 0 Å². The minimum atomic E-state index is 0.244. The normalized spacial score (nSPS) is 12.6. The Morgan fingerprint density at radius 2 is 1.17 bits per heavy atom. The van der Waals surface area contributed by atoms with E-state index in [1.165, 1.54) is 28.2 Å². The molecule has 0 bridgehead atoms. The lowest BCUT2D eigenvalue weighted by atomic mass is 9.78. The van der Waals surface area contributed by atoms with Gasteiger partial charge in [-0.25, -0.2) is 0 Å². The van der Waals surface area contributed by atoms with Gasteiger partial charge in [0.2, 0.25) is 0 Å². The summed E-state index contributed by atoms with van der Waals surface area (Å²) < 4.78 is 0. The molecule has 0 spiro atoms. The highest BCUT2D eigenvalue weighted by Crippen LogP contribution is 2.37. The van der Waals surface area contributed by atoms with Crippen LogP contribution in [0.15, 0.2) is 78.9 Å². The summed E-state index contributed by atoms with van der Waals surface area (Å²) >= 11 is 0. The van der Waals surface area contributed by atoms with Crippen LogP contribution in [0.2, 0.25) is 0 Å². The lowest BCUT2D eigenvalue weighted by Gasteiger charge is -2.29. The van der Waals surface area contributed by atoms with Crippen LogP contribution in [0.1, 0.15) is 70.9 Å². The number of hydrogen-bond acceptors (Lipinski definition) is 1. The summed E-state index contributed by atoms with van der Waals surface area (Å²) in [7, 11) is 0. The van der Waals surface area contributed by atoms with Crippen LogP contribution in [0.3, 0.4) is 0 Å². The Hall–Kier alpha value is -2.54. The lowest BCUT2D eigenvalue weighted by Crippen LogP contribution is -2.19. The Morgan fingerprint density at radius 1 is 0.690 bits per heavy atom. The molecule has 3 rings (SSSR count). The first kappa shape index (κ1) is 21.2. The standard InChI is InChI=1S/C28H35N/c1-6-22(4)23-14-18-26(19-15-23)29(25-12-10-9-11-13-25)27-20-16-24(17-21-27)28(5,7-2)8-3/h9-22H,6-8H2,1-5H3. The van der Waals surface area contributed by atoms with E-state index in [0.717, 1.165) is 19.3 Å². The van der Waals surface area contributed by atoms with E-state index >= 15 is 0 Å². The maximum atomic E-state index is 2.37. The Balaban J connectivity index is 2.01. The number of anilines is 3. The number of para-hydroxylation sites is 1. The molecule has 0 aliphatic carbocycles. The molecular formula is C28H35N. The molecule has 1 unspecified atom stereocenters. The van der Waals surface area contributed by atoms with E-state index in [4.69, 9.17) is 0 Å². The van der Waals surface area contributed by atoms with Gasteiger partial charge in [0.15, 0.2) is 0 Å². The number of nitrogens with zero attached hydrogens (tertiary/aromatic N) is 1. The average molecular weight is 386 g/mol. The highest BCUT2D eigenvalue weighted by atomic mass is 15.1. The van der Waals surface area contributed by atoms with Crippen molar-refractivity contribution in [3.8, 4) is 0 Å². The molecule has 1 nitrogen and oxygen atoms in total. The van der Waals surface area contributed by atoms with Crippen LogP contribution in [-0.4, -0.2) is 0 Å². The molecule has 1 atom stereocenters. The molecule has 0 aliphatic heterocycles. The molecule has 29 heavy (non-hydrogen) atoms. The maximum Gasteiger partial charge on any atom is 0.0461 e. The zero-order valence-corrected chi connectivity index (χ0v) is 18.7. The molecule has 3 aromatic rings. The first-order valence-electron chi connectivity index (χ1n) is 11.1. The molecule has 152 valence electrons. The van der Waals surface area contributed by atoms with Gasteiger partial charge in [0.1, 0.15) is 0 Å². The van der Waals surface area contributed by atoms with Crippen molar-refractivity contribution in [1.82, 2.24) is 0 Å². The van der Waals surface area contributed by atoms with Crippen LogP contribution in [0, 0.1) is 0 Å². The monoisotopic (exact) mass is 385 g/mol. The van der Waals surface area contributed by atoms with Gasteiger partial charge in [-0.2, -0.15) is 0 Å². The molecule has 0 saturated carbocycles. The highest BCUT2D eigenvalue weighted by Gasteiger charge is 2.22. The second kappa shape index (κ2) is 9.31. The van der Waals surface area contributed by atoms with E-state index in [2.05, 4.69) is 118 Å². The fourth-order valence-corrected chi connectivity index (χ4v) is 3.88. The van der Waals surface area contributed by atoms with Crippen LogP contribution in [0.25, 0.3) is 0 Å². The van der Waals surface area contributed by atoms with Crippen LogP contribution in [0.4, 0.5) is 17.1 Å². The van der Waals surface area contributed by atoms with Crippen molar-refractivity contribution in [2.45, 2.75) is 65.2 Å². The number of rotatable bonds is 8. The van der Waals surface area contributed by atoms with Crippen LogP contribution in [-0.2, 0) is 5.41 Å². The van der Waals surface area contributed by atoms with Crippen molar-refractivity contribution >= 4 is 17.1 Å². The SMILES string of the molecule is CCC(C)c1ccc(N(c2ccccc2)c2ccc(C(C)(CC)CC)cc2)cc1. The fourth-order valence-electron chi connectivity index (χ4n) is 3.88. The molecule has 0 heterocycles. The van der Waals surface area contributed by atoms with Crippen LogP contribution < -0.4 is 4.90 Å². The molecule has 0 fully saturated rings. The van der Waals surface area contributed by atoms with E-state index in [-0.39, 0.29) is 5.41 Å². The van der Waals surface area contributed by atoms with E-state index in [1.807, 2.05) is 0 Å². The third kappa shape index (κ3) is 4.56. The molecule has 3 aromatic carbocycles. The zero-order valence-electron chi connectivity index (χ0n) is 18.7. The second-order valence-electron chi connectivity index (χ2n) is 8.39. The van der Waals surface area contributed by atoms with Gasteiger partial charge >= 0.3 is 0 Å². The minimum absolute atomic E-state index is 0.244. The zero-order chi connectivity index (χ0) is 20.9. The molecule has 0 aromatic heterocycles. The van der Waals surface area contributed by atoms with Crippen molar-refractivity contribution in [2.75, 3.05) is 4.90 Å². The van der Waals surface area contributed by atoms with Crippen molar-refractivity contribution in [2.24, 2.45) is 0 Å². The van der Waals surface area contributed by atoms with E-state index in [0.29, 0.717) is 5.92 Å². The van der Waals surface area contributed by atoms with Gasteiger partial charge in [-0.3, -0.25) is 0 Å². The Bertz CT molecular complexity index is 874. The fraction of sp³-hybridized carbons (Fsp3) is 0.357. The number of hydrogen-bond donors (Lipinski definition) is 0. The van der Waals surface area contributed by atoms with Crippen LogP contribution >= 0.6 is 0 Å². The second-order valence-corrected chi connectivity index (χ2v) is 8.39. The largest absolute Gasteiger partial charge is 0.311 e. The van der Waals surface area contributed by atoms with E-state index < -0.39 is 0 Å². The molecule has 0 saturated heterocycles. The van der Waals surface area contributed by atoms with Gasteiger partial charge in [-0.05, 0) is 78.1 Å². The minimum Gasteiger partial charge on any atom is -0.311 e. The van der Waals surface area contributed by atoms with Gasteiger partial charge < -0.3 is 4.90 Å². The van der Waals surface area contributed by atoms with Gasteiger partial charge in [-0.15, -0.1) is 0 Å². The van der Waals surface area contributed by atoms with Gasteiger partial charge in [0.05, 0.1) is 0 Å². The van der Waals surface area contributed by atoms with E-state index in [1.54, 1.807) is 0 Å². The molecule has 0 amide bonds. The summed E-state index contributed by atoms with van der Waals surface area (Å²) in [6, 6.07) is 28.9. The van der Waals surface area contributed by atoms with Crippen molar-refractivity contribution in [3.63, 3.8) is 0 Å². The molecule has 0 aliphatic rings. The summed E-state index contributed by atoms with van der Waals surface area (Å²) in [6.45, 7) is 11.5. The molecule has 0 N–H and O–H groups in total. The summed E-state index contributed by atoms with van der Waals surface area (Å²) in [4.78, 5) is 2.35. The quantitative estimate of drug-likeness (QED) is 0.374. The Morgan fingerprint density at radius 3 is 1.66 bits per heavy atom. The maximum absolute atomic E-state index is 2.37. The Labute approximate surface area is 177 Å². The first-order chi connectivity index (χ1) is 14.0. The topological polar surface area (TPSA) is 3.24 Å². The summed E-state index contributed by atoms with van der Waals surface area (Å²) in [6.07, 6.45) is 3.47. The average Bonchev–Trinajstić information content (AvgIpc) is 2.80. The third-order valence-corrected chi connectivity index (χ3v) is 6.73. The van der Waals surface area contributed by atoms with Gasteiger partial charge in [0, 0.05) is 17.1 Å². The van der Waals surface area contributed by atoms with Crippen LogP contribution in [0.5, 0.6) is 0 Å². The molecule has 0 radical (unpaired) electrons.